The molecule has 0 saturated heterocycles. The maximum atomic E-state index is 5.34. The highest BCUT2D eigenvalue weighted by Crippen LogP contribution is 2.13. The van der Waals surface area contributed by atoms with Gasteiger partial charge in [0.1, 0.15) is 0 Å². The Morgan fingerprint density at radius 1 is 0.550 bits per heavy atom. The van der Waals surface area contributed by atoms with Gasteiger partial charge in [-0.25, -0.2) is 0 Å². The third-order valence-electron chi connectivity index (χ3n) is 3.99. The van der Waals surface area contributed by atoms with E-state index in [4.69, 9.17) is 4.74 Å². The van der Waals surface area contributed by atoms with Crippen LogP contribution in [0.15, 0.2) is 0 Å². The van der Waals surface area contributed by atoms with Crippen molar-refractivity contribution in [1.82, 2.24) is 0 Å². The zero-order valence-electron chi connectivity index (χ0n) is 14.1. The summed E-state index contributed by atoms with van der Waals surface area (Å²) in [6.07, 6.45) is 20.9. The molecule has 0 aromatic carbocycles. The van der Waals surface area contributed by atoms with E-state index in [1.807, 2.05) is 0 Å². The minimum Gasteiger partial charge on any atom is -0.382 e. The quantitative estimate of drug-likeness (QED) is 0.270. The molecule has 0 saturated carbocycles. The van der Waals surface area contributed by atoms with Crippen molar-refractivity contribution in [2.45, 2.75) is 103 Å². The van der Waals surface area contributed by atoms with Crippen molar-refractivity contribution in [1.29, 1.82) is 0 Å². The summed E-state index contributed by atoms with van der Waals surface area (Å²) < 4.78 is 5.34. The van der Waals surface area contributed by atoms with Gasteiger partial charge in [0, 0.05) is 13.2 Å². The van der Waals surface area contributed by atoms with Crippen LogP contribution in [0.2, 0.25) is 0 Å². The van der Waals surface area contributed by atoms with Gasteiger partial charge in [-0.1, -0.05) is 96.8 Å². The Hall–Kier alpha value is -0.0400. The van der Waals surface area contributed by atoms with E-state index in [2.05, 4.69) is 13.8 Å². The molecule has 1 nitrogen and oxygen atoms in total. The molecular weight excluding hydrogens is 244 g/mol. The Balaban J connectivity index is 2.89. The third kappa shape index (κ3) is 18.0. The van der Waals surface area contributed by atoms with Gasteiger partial charge in [0.25, 0.3) is 0 Å². The number of unbranched alkanes of at least 4 members (excludes halogenated alkanes) is 14. The molecule has 0 heterocycles. The molecule has 0 rings (SSSR count). The number of rotatable bonds is 17. The zero-order valence-corrected chi connectivity index (χ0v) is 14.1. The molecule has 0 aliphatic heterocycles. The van der Waals surface area contributed by atoms with Crippen LogP contribution in [0.5, 0.6) is 0 Å². The van der Waals surface area contributed by atoms with Gasteiger partial charge < -0.3 is 4.74 Å². The molecule has 0 spiro atoms. The second kappa shape index (κ2) is 19.0. The van der Waals surface area contributed by atoms with Crippen molar-refractivity contribution in [3.05, 3.63) is 6.92 Å². The Labute approximate surface area is 128 Å². The fourth-order valence-electron chi connectivity index (χ4n) is 2.65. The monoisotopic (exact) mass is 283 g/mol. The van der Waals surface area contributed by atoms with E-state index in [1.165, 1.54) is 89.9 Å². The average molecular weight is 284 g/mol. The van der Waals surface area contributed by atoms with Gasteiger partial charge in [0.15, 0.2) is 0 Å². The van der Waals surface area contributed by atoms with Crippen LogP contribution in [-0.4, -0.2) is 13.2 Å². The minimum absolute atomic E-state index is 0.871. The van der Waals surface area contributed by atoms with E-state index in [9.17, 15) is 0 Å². The summed E-state index contributed by atoms with van der Waals surface area (Å²) in [6.45, 7) is 7.79. The average Bonchev–Trinajstić information content (AvgIpc) is 2.47. The summed E-state index contributed by atoms with van der Waals surface area (Å²) in [5, 5.41) is 0. The fourth-order valence-corrected chi connectivity index (χ4v) is 2.65. The molecule has 0 unspecified atom stereocenters. The van der Waals surface area contributed by atoms with Crippen LogP contribution >= 0.6 is 0 Å². The molecule has 20 heavy (non-hydrogen) atoms. The molecule has 0 aliphatic carbocycles. The van der Waals surface area contributed by atoms with Gasteiger partial charge in [-0.2, -0.15) is 0 Å². The lowest BCUT2D eigenvalue weighted by atomic mass is 10.0. The van der Waals surface area contributed by atoms with Crippen molar-refractivity contribution in [2.75, 3.05) is 13.2 Å². The molecule has 121 valence electrons. The predicted molar refractivity (Wildman–Crippen MR) is 91.1 cm³/mol. The molecule has 1 heteroatoms. The van der Waals surface area contributed by atoms with Crippen molar-refractivity contribution < 1.29 is 4.74 Å². The Morgan fingerprint density at radius 2 is 0.900 bits per heavy atom. The molecule has 0 aromatic heterocycles. The Morgan fingerprint density at radius 3 is 1.25 bits per heavy atom. The van der Waals surface area contributed by atoms with Crippen LogP contribution in [0.4, 0.5) is 0 Å². The molecule has 0 aromatic rings. The predicted octanol–water partition coefficient (Wildman–Crippen LogP) is 6.71. The summed E-state index contributed by atoms with van der Waals surface area (Å²) in [4.78, 5) is 0. The topological polar surface area (TPSA) is 9.23 Å². The smallest absolute Gasteiger partial charge is 0.0465 e. The first-order chi connectivity index (χ1) is 9.91. The molecule has 0 bridgehead atoms. The SMILES string of the molecule is [CH2]CCCCCCCCCCCCCCCCOCC. The fraction of sp³-hybridized carbons (Fsp3) is 0.947. The maximum absolute atomic E-state index is 5.34. The summed E-state index contributed by atoms with van der Waals surface area (Å²) in [6, 6.07) is 0. The van der Waals surface area contributed by atoms with Gasteiger partial charge in [0.05, 0.1) is 0 Å². The van der Waals surface area contributed by atoms with Crippen molar-refractivity contribution >= 4 is 0 Å². The molecule has 0 aliphatic rings. The van der Waals surface area contributed by atoms with E-state index >= 15 is 0 Å². The number of ether oxygens (including phenoxy) is 1. The van der Waals surface area contributed by atoms with Crippen LogP contribution in [0.3, 0.4) is 0 Å². The molecule has 0 N–H and O–H groups in total. The standard InChI is InChI=1S/C19H39O/c1-3-5-6-7-8-9-10-11-12-13-14-15-16-17-18-19-20-4-2/h1,3-19H2,2H3. The van der Waals surface area contributed by atoms with Crippen molar-refractivity contribution in [3.63, 3.8) is 0 Å². The summed E-state index contributed by atoms with van der Waals surface area (Å²) in [5.41, 5.74) is 0. The van der Waals surface area contributed by atoms with E-state index in [0.717, 1.165) is 19.6 Å². The van der Waals surface area contributed by atoms with E-state index in [-0.39, 0.29) is 0 Å². The van der Waals surface area contributed by atoms with E-state index < -0.39 is 0 Å². The van der Waals surface area contributed by atoms with Gasteiger partial charge in [-0.05, 0) is 13.3 Å². The zero-order chi connectivity index (χ0) is 14.7. The molecule has 0 atom stereocenters. The largest absolute Gasteiger partial charge is 0.382 e. The highest BCUT2D eigenvalue weighted by molar-refractivity contribution is 4.50. The van der Waals surface area contributed by atoms with Crippen LogP contribution in [0, 0.1) is 6.92 Å². The van der Waals surface area contributed by atoms with E-state index in [0.29, 0.717) is 0 Å². The third-order valence-corrected chi connectivity index (χ3v) is 3.99. The molecule has 0 amide bonds. The van der Waals surface area contributed by atoms with Crippen LogP contribution in [-0.2, 0) is 4.74 Å². The number of hydrogen-bond acceptors (Lipinski definition) is 1. The van der Waals surface area contributed by atoms with Gasteiger partial charge in [-0.15, -0.1) is 0 Å². The lowest BCUT2D eigenvalue weighted by Crippen LogP contribution is -1.92. The molecule has 1 radical (unpaired) electrons. The van der Waals surface area contributed by atoms with Crippen LogP contribution < -0.4 is 0 Å². The first kappa shape index (κ1) is 20.0. The molecular formula is C19H39O. The van der Waals surface area contributed by atoms with Crippen LogP contribution in [0.25, 0.3) is 0 Å². The number of hydrogen-bond donors (Lipinski definition) is 0. The first-order valence-electron chi connectivity index (χ1n) is 9.28. The minimum atomic E-state index is 0.871. The lowest BCUT2D eigenvalue weighted by Gasteiger charge is -2.03. The van der Waals surface area contributed by atoms with Crippen LogP contribution in [0.1, 0.15) is 103 Å². The van der Waals surface area contributed by atoms with Gasteiger partial charge in [-0.3, -0.25) is 0 Å². The highest BCUT2D eigenvalue weighted by Gasteiger charge is 1.94. The lowest BCUT2D eigenvalue weighted by molar-refractivity contribution is 0.143. The van der Waals surface area contributed by atoms with E-state index in [1.54, 1.807) is 0 Å². The van der Waals surface area contributed by atoms with Gasteiger partial charge >= 0.3 is 0 Å². The normalized spacial score (nSPS) is 11.1. The highest BCUT2D eigenvalue weighted by atomic mass is 16.5. The summed E-state index contributed by atoms with van der Waals surface area (Å²) in [7, 11) is 0. The van der Waals surface area contributed by atoms with Crippen molar-refractivity contribution in [3.8, 4) is 0 Å². The summed E-state index contributed by atoms with van der Waals surface area (Å²) >= 11 is 0. The second-order valence-corrected chi connectivity index (χ2v) is 6.00. The van der Waals surface area contributed by atoms with Crippen molar-refractivity contribution in [2.24, 2.45) is 0 Å². The Bertz CT molecular complexity index is 138. The summed E-state index contributed by atoms with van der Waals surface area (Å²) in [5.74, 6) is 0. The maximum Gasteiger partial charge on any atom is 0.0465 e. The Kier molecular flexibility index (Phi) is 18.9. The first-order valence-corrected chi connectivity index (χ1v) is 9.28. The van der Waals surface area contributed by atoms with Gasteiger partial charge in [0.2, 0.25) is 0 Å². The second-order valence-electron chi connectivity index (χ2n) is 6.00. The molecule has 0 fully saturated rings.